The van der Waals surface area contributed by atoms with Crippen LogP contribution in [0.15, 0.2) is 0 Å². The number of hydrogen-bond donors (Lipinski definition) is 0. The zero-order valence-corrected chi connectivity index (χ0v) is 11.4. The molecule has 1 spiro atoms. The topological polar surface area (TPSA) is 37.4 Å². The Kier molecular flexibility index (Phi) is 3.08. The van der Waals surface area contributed by atoms with Crippen molar-refractivity contribution in [1.29, 1.82) is 0 Å². The molecule has 2 fully saturated rings. The maximum atomic E-state index is 11.8. The molecular formula is C12H23NO2S. The van der Waals surface area contributed by atoms with Gasteiger partial charge in [-0.3, -0.25) is 0 Å². The van der Waals surface area contributed by atoms with E-state index in [0.717, 1.165) is 31.3 Å². The van der Waals surface area contributed by atoms with Crippen LogP contribution in [0.3, 0.4) is 0 Å². The van der Waals surface area contributed by atoms with E-state index in [-0.39, 0.29) is 5.75 Å². The highest BCUT2D eigenvalue weighted by Crippen LogP contribution is 2.54. The lowest BCUT2D eigenvalue weighted by Crippen LogP contribution is -2.42. The summed E-state index contributed by atoms with van der Waals surface area (Å²) in [6.45, 7) is 7.81. The summed E-state index contributed by atoms with van der Waals surface area (Å²) >= 11 is 0. The molecule has 2 rings (SSSR count). The maximum Gasteiger partial charge on any atom is 0.213 e. The maximum absolute atomic E-state index is 11.8. The van der Waals surface area contributed by atoms with Crippen LogP contribution in [0, 0.1) is 17.3 Å². The summed E-state index contributed by atoms with van der Waals surface area (Å²) in [7, 11) is -2.95. The molecule has 2 aliphatic rings. The van der Waals surface area contributed by atoms with Gasteiger partial charge >= 0.3 is 0 Å². The quantitative estimate of drug-likeness (QED) is 0.763. The number of hydrogen-bond acceptors (Lipinski definition) is 2. The van der Waals surface area contributed by atoms with E-state index in [9.17, 15) is 8.42 Å². The summed E-state index contributed by atoms with van der Waals surface area (Å²) < 4.78 is 25.3. The van der Waals surface area contributed by atoms with Crippen LogP contribution in [0.5, 0.6) is 0 Å². The van der Waals surface area contributed by atoms with Gasteiger partial charge in [-0.2, -0.15) is 0 Å². The average Bonchev–Trinajstić information content (AvgIpc) is 2.60. The van der Waals surface area contributed by atoms with Gasteiger partial charge in [-0.15, -0.1) is 0 Å². The summed E-state index contributed by atoms with van der Waals surface area (Å²) in [6.07, 6.45) is 3.55. The van der Waals surface area contributed by atoms with Crippen molar-refractivity contribution in [3.8, 4) is 0 Å². The molecule has 94 valence electrons. The summed E-state index contributed by atoms with van der Waals surface area (Å²) in [4.78, 5) is 0. The van der Waals surface area contributed by atoms with Crippen molar-refractivity contribution in [2.24, 2.45) is 17.3 Å². The summed E-state index contributed by atoms with van der Waals surface area (Å²) in [6, 6.07) is 0. The lowest BCUT2D eigenvalue weighted by molar-refractivity contribution is 0.0399. The molecule has 1 saturated heterocycles. The van der Waals surface area contributed by atoms with Gasteiger partial charge in [0.25, 0.3) is 0 Å². The van der Waals surface area contributed by atoms with Crippen LogP contribution in [-0.4, -0.2) is 31.6 Å². The van der Waals surface area contributed by atoms with Gasteiger partial charge < -0.3 is 0 Å². The van der Waals surface area contributed by atoms with Crippen molar-refractivity contribution < 1.29 is 8.42 Å². The second-order valence-corrected chi connectivity index (χ2v) is 8.15. The van der Waals surface area contributed by atoms with Crippen molar-refractivity contribution in [3.05, 3.63) is 0 Å². The van der Waals surface area contributed by atoms with Gasteiger partial charge in [-0.1, -0.05) is 13.8 Å². The molecular weight excluding hydrogens is 222 g/mol. The van der Waals surface area contributed by atoms with Gasteiger partial charge in [0, 0.05) is 13.1 Å². The van der Waals surface area contributed by atoms with E-state index in [4.69, 9.17) is 0 Å². The lowest BCUT2D eigenvalue weighted by atomic mass is 9.58. The van der Waals surface area contributed by atoms with Crippen molar-refractivity contribution in [3.63, 3.8) is 0 Å². The molecule has 0 atom stereocenters. The first-order valence-electron chi connectivity index (χ1n) is 6.36. The van der Waals surface area contributed by atoms with E-state index < -0.39 is 10.0 Å². The van der Waals surface area contributed by atoms with Crippen molar-refractivity contribution in [2.75, 3.05) is 18.8 Å². The van der Waals surface area contributed by atoms with E-state index in [2.05, 4.69) is 13.8 Å². The third-order valence-electron chi connectivity index (χ3n) is 4.49. The van der Waals surface area contributed by atoms with E-state index in [0.29, 0.717) is 5.41 Å². The van der Waals surface area contributed by atoms with Gasteiger partial charge in [0.05, 0.1) is 5.75 Å². The fourth-order valence-corrected chi connectivity index (χ4v) is 4.38. The molecule has 1 saturated carbocycles. The lowest BCUT2D eigenvalue weighted by Gasteiger charge is -2.47. The van der Waals surface area contributed by atoms with Gasteiger partial charge in [0.1, 0.15) is 0 Å². The van der Waals surface area contributed by atoms with Gasteiger partial charge in [0.2, 0.25) is 10.0 Å². The van der Waals surface area contributed by atoms with Crippen LogP contribution < -0.4 is 0 Å². The minimum Gasteiger partial charge on any atom is -0.212 e. The Labute approximate surface area is 99.3 Å². The fraction of sp³-hybridized carbons (Fsp3) is 1.00. The molecule has 1 heterocycles. The van der Waals surface area contributed by atoms with Crippen molar-refractivity contribution in [2.45, 2.75) is 40.0 Å². The Hall–Kier alpha value is -0.0900. The third kappa shape index (κ3) is 2.02. The zero-order valence-electron chi connectivity index (χ0n) is 10.6. The Morgan fingerprint density at radius 2 is 2.00 bits per heavy atom. The molecule has 0 aromatic rings. The molecule has 0 radical (unpaired) electrons. The molecule has 0 aromatic heterocycles. The summed E-state index contributed by atoms with van der Waals surface area (Å²) in [5.41, 5.74) is 0.344. The minimum atomic E-state index is -2.95. The molecule has 0 N–H and O–H groups in total. The Morgan fingerprint density at radius 1 is 1.38 bits per heavy atom. The smallest absolute Gasteiger partial charge is 0.212 e. The minimum absolute atomic E-state index is 0.247. The van der Waals surface area contributed by atoms with E-state index in [1.807, 2.05) is 0 Å². The normalized spacial score (nSPS) is 35.9. The van der Waals surface area contributed by atoms with Crippen LogP contribution >= 0.6 is 0 Å². The molecule has 0 amide bonds. The van der Waals surface area contributed by atoms with Crippen molar-refractivity contribution in [1.82, 2.24) is 4.31 Å². The molecule has 0 bridgehead atoms. The van der Waals surface area contributed by atoms with Gasteiger partial charge in [-0.05, 0) is 43.4 Å². The summed E-state index contributed by atoms with van der Waals surface area (Å²) in [5, 5.41) is 0. The first-order chi connectivity index (χ1) is 7.38. The monoisotopic (exact) mass is 245 g/mol. The Bertz CT molecular complexity index is 355. The van der Waals surface area contributed by atoms with Crippen LogP contribution in [0.1, 0.15) is 40.0 Å². The average molecular weight is 245 g/mol. The predicted molar refractivity (Wildman–Crippen MR) is 65.6 cm³/mol. The van der Waals surface area contributed by atoms with E-state index in [1.54, 1.807) is 11.2 Å². The Balaban J connectivity index is 1.96. The number of sulfonamides is 1. The fourth-order valence-electron chi connectivity index (χ4n) is 3.17. The van der Waals surface area contributed by atoms with Crippen LogP contribution in [0.25, 0.3) is 0 Å². The Morgan fingerprint density at radius 3 is 2.50 bits per heavy atom. The van der Waals surface area contributed by atoms with E-state index >= 15 is 0 Å². The van der Waals surface area contributed by atoms with E-state index in [1.165, 1.54) is 12.8 Å². The third-order valence-corrected chi connectivity index (χ3v) is 6.32. The van der Waals surface area contributed by atoms with Crippen LogP contribution in [-0.2, 0) is 10.0 Å². The highest BCUT2D eigenvalue weighted by molar-refractivity contribution is 7.89. The molecule has 4 heteroatoms. The molecule has 16 heavy (non-hydrogen) atoms. The van der Waals surface area contributed by atoms with Gasteiger partial charge in [-0.25, -0.2) is 12.7 Å². The van der Waals surface area contributed by atoms with Crippen LogP contribution in [0.2, 0.25) is 0 Å². The number of rotatable bonds is 3. The molecule has 3 nitrogen and oxygen atoms in total. The first kappa shape index (κ1) is 12.4. The highest BCUT2D eigenvalue weighted by atomic mass is 32.2. The van der Waals surface area contributed by atoms with Crippen LogP contribution in [0.4, 0.5) is 0 Å². The second-order valence-electron chi connectivity index (χ2n) is 5.90. The standard InChI is InChI=1S/C12H23NO2S/c1-4-16(14,15)13-6-5-12(9-13)7-11(8-12)10(2)3/h10-11H,4-9H2,1-3H3. The largest absolute Gasteiger partial charge is 0.213 e. The zero-order chi connectivity index (χ0) is 12.0. The first-order valence-corrected chi connectivity index (χ1v) is 7.97. The number of nitrogens with zero attached hydrogens (tertiary/aromatic N) is 1. The predicted octanol–water partition coefficient (Wildman–Crippen LogP) is 2.09. The molecule has 1 aliphatic carbocycles. The second kappa shape index (κ2) is 3.98. The molecule has 1 aliphatic heterocycles. The molecule has 0 unspecified atom stereocenters. The SMILES string of the molecule is CCS(=O)(=O)N1CCC2(CC(C(C)C)C2)C1. The van der Waals surface area contributed by atoms with Crippen molar-refractivity contribution >= 4 is 10.0 Å². The highest BCUT2D eigenvalue weighted by Gasteiger charge is 2.50. The summed E-state index contributed by atoms with van der Waals surface area (Å²) in [5.74, 6) is 1.82. The molecule has 0 aromatic carbocycles. The van der Waals surface area contributed by atoms with Gasteiger partial charge in [0.15, 0.2) is 0 Å².